The lowest BCUT2D eigenvalue weighted by atomic mass is 9.97. The highest BCUT2D eigenvalue weighted by Crippen LogP contribution is 2.31. The molecule has 0 aliphatic heterocycles. The Morgan fingerprint density at radius 3 is 2.56 bits per heavy atom. The van der Waals surface area contributed by atoms with Gasteiger partial charge in [0.25, 0.3) is 0 Å². The van der Waals surface area contributed by atoms with Crippen LogP contribution in [0.2, 0.25) is 0 Å². The average Bonchev–Trinajstić information content (AvgIpc) is 2.78. The zero-order chi connectivity index (χ0) is 13.0. The van der Waals surface area contributed by atoms with Gasteiger partial charge >= 0.3 is 0 Å². The van der Waals surface area contributed by atoms with Crippen molar-refractivity contribution >= 4 is 15.9 Å². The first-order valence-corrected chi connectivity index (χ1v) is 7.99. The highest BCUT2D eigenvalue weighted by Gasteiger charge is 2.23. The minimum atomic E-state index is 0.505. The van der Waals surface area contributed by atoms with E-state index in [1.54, 1.807) is 0 Å². The molecule has 0 saturated heterocycles. The molecule has 18 heavy (non-hydrogen) atoms. The van der Waals surface area contributed by atoms with Crippen molar-refractivity contribution in [1.29, 1.82) is 0 Å². The zero-order valence-electron chi connectivity index (χ0n) is 11.5. The van der Waals surface area contributed by atoms with Crippen LogP contribution in [0, 0.1) is 11.8 Å². The third-order valence-electron chi connectivity index (χ3n) is 4.35. The Labute approximate surface area is 119 Å². The van der Waals surface area contributed by atoms with Gasteiger partial charge in [-0.25, -0.2) is 0 Å². The molecular formula is C16H24BrN. The monoisotopic (exact) mass is 309 g/mol. The van der Waals surface area contributed by atoms with E-state index in [1.165, 1.54) is 31.4 Å². The molecule has 1 aromatic carbocycles. The number of halogens is 1. The molecule has 100 valence electrons. The molecule has 2 rings (SSSR count). The van der Waals surface area contributed by atoms with Crippen molar-refractivity contribution in [2.24, 2.45) is 11.8 Å². The molecule has 1 saturated carbocycles. The van der Waals surface area contributed by atoms with Gasteiger partial charge in [0.15, 0.2) is 0 Å². The van der Waals surface area contributed by atoms with Crippen molar-refractivity contribution in [2.45, 2.75) is 45.6 Å². The Bertz CT molecular complexity index is 360. The second-order valence-corrected chi connectivity index (χ2v) is 6.50. The quantitative estimate of drug-likeness (QED) is 0.813. The first kappa shape index (κ1) is 14.1. The summed E-state index contributed by atoms with van der Waals surface area (Å²) in [5.41, 5.74) is 1.41. The van der Waals surface area contributed by atoms with Gasteiger partial charge in [-0.05, 0) is 48.9 Å². The molecule has 1 aliphatic carbocycles. The molecule has 0 amide bonds. The second kappa shape index (κ2) is 6.72. The summed E-state index contributed by atoms with van der Waals surface area (Å²) in [6.45, 7) is 5.84. The Kier molecular flexibility index (Phi) is 5.25. The predicted molar refractivity (Wildman–Crippen MR) is 81.7 cm³/mol. The largest absolute Gasteiger partial charge is 0.310 e. The number of benzene rings is 1. The van der Waals surface area contributed by atoms with Crippen molar-refractivity contribution in [1.82, 2.24) is 5.32 Å². The van der Waals surface area contributed by atoms with Crippen LogP contribution in [0.15, 0.2) is 28.7 Å². The maximum atomic E-state index is 3.76. The van der Waals surface area contributed by atoms with Crippen LogP contribution in [0.3, 0.4) is 0 Å². The van der Waals surface area contributed by atoms with E-state index < -0.39 is 0 Å². The Morgan fingerprint density at radius 1 is 1.28 bits per heavy atom. The molecule has 2 heteroatoms. The minimum Gasteiger partial charge on any atom is -0.310 e. The summed E-state index contributed by atoms with van der Waals surface area (Å²) in [4.78, 5) is 0. The molecule has 0 radical (unpaired) electrons. The van der Waals surface area contributed by atoms with E-state index in [0.717, 1.165) is 22.7 Å². The van der Waals surface area contributed by atoms with Crippen LogP contribution >= 0.6 is 15.9 Å². The average molecular weight is 310 g/mol. The lowest BCUT2D eigenvalue weighted by molar-refractivity contribution is 0.365. The van der Waals surface area contributed by atoms with E-state index in [1.807, 2.05) is 0 Å². The van der Waals surface area contributed by atoms with Gasteiger partial charge in [0.05, 0.1) is 0 Å². The Balaban J connectivity index is 1.91. The molecule has 3 atom stereocenters. The second-order valence-electron chi connectivity index (χ2n) is 5.59. The SMILES string of the molecule is CCC(NCC1CCCC1C)c1ccc(Br)cc1. The minimum absolute atomic E-state index is 0.505. The summed E-state index contributed by atoms with van der Waals surface area (Å²) in [6, 6.07) is 9.23. The standard InChI is InChI=1S/C16H24BrN/c1-3-16(13-7-9-15(17)10-8-13)18-11-14-6-4-5-12(14)2/h7-10,12,14,16,18H,3-6,11H2,1-2H3. The molecule has 1 fully saturated rings. The highest BCUT2D eigenvalue weighted by molar-refractivity contribution is 9.10. The summed E-state index contributed by atoms with van der Waals surface area (Å²) >= 11 is 3.50. The van der Waals surface area contributed by atoms with Crippen molar-refractivity contribution in [3.63, 3.8) is 0 Å². The Morgan fingerprint density at radius 2 is 2.00 bits per heavy atom. The summed E-state index contributed by atoms with van der Waals surface area (Å²) in [5, 5.41) is 3.76. The normalized spacial score (nSPS) is 25.3. The maximum absolute atomic E-state index is 3.76. The van der Waals surface area contributed by atoms with Crippen LogP contribution in [0.4, 0.5) is 0 Å². The fraction of sp³-hybridized carbons (Fsp3) is 0.625. The maximum Gasteiger partial charge on any atom is 0.0317 e. The summed E-state index contributed by atoms with van der Waals surface area (Å²) in [7, 11) is 0. The third kappa shape index (κ3) is 3.58. The highest BCUT2D eigenvalue weighted by atomic mass is 79.9. The summed E-state index contributed by atoms with van der Waals surface area (Å²) in [6.07, 6.45) is 5.40. The fourth-order valence-corrected chi connectivity index (χ4v) is 3.28. The topological polar surface area (TPSA) is 12.0 Å². The van der Waals surface area contributed by atoms with E-state index in [2.05, 4.69) is 59.4 Å². The summed E-state index contributed by atoms with van der Waals surface area (Å²) in [5.74, 6) is 1.79. The molecule has 0 heterocycles. The summed E-state index contributed by atoms with van der Waals surface area (Å²) < 4.78 is 1.16. The van der Waals surface area contributed by atoms with Crippen LogP contribution in [0.1, 0.15) is 51.1 Å². The number of hydrogen-bond acceptors (Lipinski definition) is 1. The number of rotatable bonds is 5. The lowest BCUT2D eigenvalue weighted by Gasteiger charge is -2.22. The van der Waals surface area contributed by atoms with Crippen molar-refractivity contribution < 1.29 is 0 Å². The zero-order valence-corrected chi connectivity index (χ0v) is 13.0. The molecular weight excluding hydrogens is 286 g/mol. The molecule has 3 unspecified atom stereocenters. The Hall–Kier alpha value is -0.340. The number of nitrogens with one attached hydrogen (secondary N) is 1. The van der Waals surface area contributed by atoms with E-state index in [0.29, 0.717) is 6.04 Å². The molecule has 0 aromatic heterocycles. The van der Waals surface area contributed by atoms with E-state index in [4.69, 9.17) is 0 Å². The first-order chi connectivity index (χ1) is 8.70. The van der Waals surface area contributed by atoms with Crippen LogP contribution in [-0.2, 0) is 0 Å². The molecule has 0 bridgehead atoms. The van der Waals surface area contributed by atoms with E-state index >= 15 is 0 Å². The van der Waals surface area contributed by atoms with Crippen molar-refractivity contribution in [3.8, 4) is 0 Å². The molecule has 1 aromatic rings. The van der Waals surface area contributed by atoms with E-state index in [-0.39, 0.29) is 0 Å². The van der Waals surface area contributed by atoms with Gasteiger partial charge in [-0.2, -0.15) is 0 Å². The lowest BCUT2D eigenvalue weighted by Crippen LogP contribution is -2.28. The van der Waals surface area contributed by atoms with Gasteiger partial charge in [0.1, 0.15) is 0 Å². The molecule has 0 spiro atoms. The van der Waals surface area contributed by atoms with Crippen molar-refractivity contribution in [3.05, 3.63) is 34.3 Å². The van der Waals surface area contributed by atoms with Crippen LogP contribution < -0.4 is 5.32 Å². The van der Waals surface area contributed by atoms with Gasteiger partial charge in [0.2, 0.25) is 0 Å². The predicted octanol–water partition coefficient (Wildman–Crippen LogP) is 4.93. The molecule has 1 N–H and O–H groups in total. The number of hydrogen-bond donors (Lipinski definition) is 1. The van der Waals surface area contributed by atoms with Crippen LogP contribution in [0.5, 0.6) is 0 Å². The first-order valence-electron chi connectivity index (χ1n) is 7.19. The third-order valence-corrected chi connectivity index (χ3v) is 4.87. The van der Waals surface area contributed by atoms with Gasteiger partial charge in [-0.15, -0.1) is 0 Å². The van der Waals surface area contributed by atoms with Crippen LogP contribution in [-0.4, -0.2) is 6.54 Å². The van der Waals surface area contributed by atoms with E-state index in [9.17, 15) is 0 Å². The van der Waals surface area contributed by atoms with Crippen molar-refractivity contribution in [2.75, 3.05) is 6.54 Å². The smallest absolute Gasteiger partial charge is 0.0317 e. The molecule has 1 nitrogen and oxygen atoms in total. The van der Waals surface area contributed by atoms with Gasteiger partial charge in [-0.1, -0.05) is 54.8 Å². The van der Waals surface area contributed by atoms with Gasteiger partial charge in [0, 0.05) is 10.5 Å². The van der Waals surface area contributed by atoms with Gasteiger partial charge in [-0.3, -0.25) is 0 Å². The molecule has 1 aliphatic rings. The fourth-order valence-electron chi connectivity index (χ4n) is 3.01. The van der Waals surface area contributed by atoms with Gasteiger partial charge < -0.3 is 5.32 Å². The van der Waals surface area contributed by atoms with Crippen LogP contribution in [0.25, 0.3) is 0 Å².